The second kappa shape index (κ2) is 12.6. The lowest BCUT2D eigenvalue weighted by Crippen LogP contribution is -2.47. The zero-order valence-corrected chi connectivity index (χ0v) is 17.7. The molecule has 2 rings (SSSR count). The summed E-state index contributed by atoms with van der Waals surface area (Å²) >= 11 is 0. The fourth-order valence-corrected chi connectivity index (χ4v) is 3.93. The van der Waals surface area contributed by atoms with Crippen LogP contribution in [0.25, 0.3) is 0 Å². The number of amides is 1. The number of cyclic esters (lactones) is 1. The maximum Gasteiger partial charge on any atom is 0.410 e. The SMILES string of the molecule is CCCCCCCCCCCC/C=C/C1=CCN2C(=O)OC[C@H]2[C@@H]1OC(C)=O. The Bertz CT molecular complexity index is 555. The highest BCUT2D eigenvalue weighted by Crippen LogP contribution is 2.28. The number of nitrogens with zero attached hydrogens (tertiary/aromatic N) is 1. The quantitative estimate of drug-likeness (QED) is 0.305. The van der Waals surface area contributed by atoms with E-state index in [4.69, 9.17) is 9.47 Å². The number of esters is 1. The van der Waals surface area contributed by atoms with Crippen LogP contribution in [0.4, 0.5) is 4.79 Å². The minimum absolute atomic E-state index is 0.210. The van der Waals surface area contributed by atoms with Crippen LogP contribution in [0.15, 0.2) is 23.8 Å². The molecule has 0 aromatic carbocycles. The van der Waals surface area contributed by atoms with Gasteiger partial charge in [-0.15, -0.1) is 0 Å². The van der Waals surface area contributed by atoms with E-state index in [-0.39, 0.29) is 24.7 Å². The van der Waals surface area contributed by atoms with Gasteiger partial charge in [0.2, 0.25) is 0 Å². The summed E-state index contributed by atoms with van der Waals surface area (Å²) in [5.74, 6) is -0.333. The van der Waals surface area contributed by atoms with E-state index in [1.807, 2.05) is 6.08 Å². The number of carbonyl (C=O) groups excluding carboxylic acids is 2. The zero-order chi connectivity index (χ0) is 20.2. The van der Waals surface area contributed by atoms with E-state index in [1.165, 1.54) is 71.1 Å². The Kier molecular flexibility index (Phi) is 10.2. The van der Waals surface area contributed by atoms with Gasteiger partial charge in [0.15, 0.2) is 6.10 Å². The maximum atomic E-state index is 11.7. The van der Waals surface area contributed by atoms with Crippen LogP contribution in [0.1, 0.15) is 84.5 Å². The number of ether oxygens (including phenoxy) is 2. The summed E-state index contributed by atoms with van der Waals surface area (Å²) in [4.78, 5) is 24.9. The molecule has 0 radical (unpaired) electrons. The lowest BCUT2D eigenvalue weighted by Gasteiger charge is -2.32. The highest BCUT2D eigenvalue weighted by molar-refractivity contribution is 5.72. The number of hydrogen-bond acceptors (Lipinski definition) is 4. The molecule has 0 bridgehead atoms. The summed E-state index contributed by atoms with van der Waals surface area (Å²) in [6.07, 6.45) is 19.8. The molecule has 0 unspecified atom stereocenters. The molecule has 0 aromatic rings. The van der Waals surface area contributed by atoms with Gasteiger partial charge in [-0.25, -0.2) is 4.79 Å². The van der Waals surface area contributed by atoms with Crippen molar-refractivity contribution in [1.82, 2.24) is 4.90 Å². The first-order valence-corrected chi connectivity index (χ1v) is 11.1. The van der Waals surface area contributed by atoms with Crippen LogP contribution in [-0.4, -0.2) is 42.3 Å². The van der Waals surface area contributed by atoms with E-state index in [0.717, 1.165) is 12.0 Å². The molecular formula is C23H37NO4. The second-order valence-corrected chi connectivity index (χ2v) is 7.90. The molecule has 0 saturated carbocycles. The van der Waals surface area contributed by atoms with Crippen molar-refractivity contribution in [2.45, 2.75) is 96.6 Å². The Labute approximate surface area is 170 Å². The average Bonchev–Trinajstić information content (AvgIpc) is 3.05. The van der Waals surface area contributed by atoms with Gasteiger partial charge in [0.25, 0.3) is 0 Å². The number of rotatable bonds is 13. The molecule has 158 valence electrons. The monoisotopic (exact) mass is 391 g/mol. The maximum absolute atomic E-state index is 11.7. The smallest absolute Gasteiger partial charge is 0.410 e. The zero-order valence-electron chi connectivity index (χ0n) is 17.7. The van der Waals surface area contributed by atoms with Gasteiger partial charge in [0.05, 0.1) is 0 Å². The third kappa shape index (κ3) is 7.33. The molecule has 0 spiro atoms. The largest absolute Gasteiger partial charge is 0.455 e. The second-order valence-electron chi connectivity index (χ2n) is 7.90. The molecule has 1 fully saturated rings. The Hall–Kier alpha value is -1.78. The molecule has 2 heterocycles. The first kappa shape index (κ1) is 22.5. The first-order valence-electron chi connectivity index (χ1n) is 11.1. The fraction of sp³-hybridized carbons (Fsp3) is 0.739. The fourth-order valence-electron chi connectivity index (χ4n) is 3.93. The Morgan fingerprint density at radius 2 is 1.79 bits per heavy atom. The van der Waals surface area contributed by atoms with E-state index in [2.05, 4.69) is 19.1 Å². The number of fused-ring (bicyclic) bond motifs is 1. The van der Waals surface area contributed by atoms with Gasteiger partial charge in [0.1, 0.15) is 12.6 Å². The van der Waals surface area contributed by atoms with Crippen LogP contribution in [0.2, 0.25) is 0 Å². The van der Waals surface area contributed by atoms with Crippen molar-refractivity contribution < 1.29 is 19.1 Å². The van der Waals surface area contributed by atoms with Gasteiger partial charge >= 0.3 is 12.1 Å². The van der Waals surface area contributed by atoms with Crippen LogP contribution in [0.3, 0.4) is 0 Å². The topological polar surface area (TPSA) is 55.8 Å². The molecule has 2 aliphatic rings. The molecule has 2 atom stereocenters. The van der Waals surface area contributed by atoms with Crippen molar-refractivity contribution in [2.75, 3.05) is 13.2 Å². The standard InChI is InChI=1S/C23H37NO4/c1-3-4-5-6-7-8-9-10-11-12-13-14-15-20-16-17-24-21(18-27-23(24)26)22(20)28-19(2)25/h14-16,21-22H,3-13,17-18H2,1-2H3/b15-14+/t21-,22+/m0/s1. The summed E-state index contributed by atoms with van der Waals surface area (Å²) < 4.78 is 10.6. The van der Waals surface area contributed by atoms with Crippen molar-refractivity contribution in [2.24, 2.45) is 0 Å². The van der Waals surface area contributed by atoms with E-state index in [9.17, 15) is 9.59 Å². The number of unbranched alkanes of at least 4 members (excludes halogenated alkanes) is 10. The minimum Gasteiger partial charge on any atom is -0.455 e. The molecule has 5 heteroatoms. The summed E-state index contributed by atoms with van der Waals surface area (Å²) in [5.41, 5.74) is 0.974. The summed E-state index contributed by atoms with van der Waals surface area (Å²) in [6, 6.07) is -0.210. The van der Waals surface area contributed by atoms with E-state index in [1.54, 1.807) is 4.90 Å². The van der Waals surface area contributed by atoms with Crippen molar-refractivity contribution in [3.8, 4) is 0 Å². The lowest BCUT2D eigenvalue weighted by molar-refractivity contribution is -0.146. The highest BCUT2D eigenvalue weighted by Gasteiger charge is 2.43. The molecular weight excluding hydrogens is 354 g/mol. The van der Waals surface area contributed by atoms with Crippen LogP contribution < -0.4 is 0 Å². The lowest BCUT2D eigenvalue weighted by atomic mass is 9.96. The molecule has 0 aliphatic carbocycles. The molecule has 0 aromatic heterocycles. The van der Waals surface area contributed by atoms with Crippen molar-refractivity contribution >= 4 is 12.1 Å². The van der Waals surface area contributed by atoms with Gasteiger partial charge in [-0.3, -0.25) is 9.69 Å². The number of carbonyl (C=O) groups is 2. The van der Waals surface area contributed by atoms with Crippen LogP contribution >= 0.6 is 0 Å². The van der Waals surface area contributed by atoms with Gasteiger partial charge in [0, 0.05) is 13.5 Å². The molecule has 1 amide bonds. The number of hydrogen-bond donors (Lipinski definition) is 0. The third-order valence-corrected chi connectivity index (χ3v) is 5.54. The summed E-state index contributed by atoms with van der Waals surface area (Å²) in [7, 11) is 0. The molecule has 1 saturated heterocycles. The number of allylic oxidation sites excluding steroid dienone is 1. The van der Waals surface area contributed by atoms with Crippen molar-refractivity contribution in [3.05, 3.63) is 23.8 Å². The predicted molar refractivity (Wildman–Crippen MR) is 111 cm³/mol. The first-order chi connectivity index (χ1) is 13.6. The average molecular weight is 392 g/mol. The van der Waals surface area contributed by atoms with Crippen molar-refractivity contribution in [3.63, 3.8) is 0 Å². The van der Waals surface area contributed by atoms with E-state index < -0.39 is 6.10 Å². The Morgan fingerprint density at radius 1 is 1.14 bits per heavy atom. The van der Waals surface area contributed by atoms with Crippen LogP contribution in [-0.2, 0) is 14.3 Å². The third-order valence-electron chi connectivity index (χ3n) is 5.54. The Morgan fingerprint density at radius 3 is 2.43 bits per heavy atom. The van der Waals surface area contributed by atoms with Gasteiger partial charge in [-0.1, -0.05) is 82.9 Å². The summed E-state index contributed by atoms with van der Waals surface area (Å²) in [5, 5.41) is 0. The van der Waals surface area contributed by atoms with Crippen molar-refractivity contribution in [1.29, 1.82) is 0 Å². The molecule has 5 nitrogen and oxygen atoms in total. The van der Waals surface area contributed by atoms with Gasteiger partial charge in [-0.2, -0.15) is 0 Å². The molecule has 2 aliphatic heterocycles. The van der Waals surface area contributed by atoms with Gasteiger partial charge in [-0.05, 0) is 18.4 Å². The minimum atomic E-state index is -0.429. The highest BCUT2D eigenvalue weighted by atomic mass is 16.6. The Balaban J connectivity index is 1.64. The predicted octanol–water partition coefficient (Wildman–Crippen LogP) is 5.55. The summed E-state index contributed by atoms with van der Waals surface area (Å²) in [6.45, 7) is 4.45. The van der Waals surface area contributed by atoms with Crippen LogP contribution in [0.5, 0.6) is 0 Å². The van der Waals surface area contributed by atoms with Gasteiger partial charge < -0.3 is 9.47 Å². The molecule has 0 N–H and O–H groups in total. The normalized spacial score (nSPS) is 21.6. The van der Waals surface area contributed by atoms with Crippen LogP contribution in [0, 0.1) is 0 Å². The van der Waals surface area contributed by atoms with E-state index in [0.29, 0.717) is 6.54 Å². The molecule has 28 heavy (non-hydrogen) atoms. The van der Waals surface area contributed by atoms with E-state index >= 15 is 0 Å².